The van der Waals surface area contributed by atoms with Gasteiger partial charge in [-0.2, -0.15) is 0 Å². The van der Waals surface area contributed by atoms with E-state index in [0.29, 0.717) is 0 Å². The fourth-order valence-corrected chi connectivity index (χ4v) is 292. The number of nitrogens with zero attached hydrogens (tertiary/aromatic N) is 6. The summed E-state index contributed by atoms with van der Waals surface area (Å²) < 4.78 is 0. The van der Waals surface area contributed by atoms with Crippen LogP contribution in [0.4, 0.5) is 0 Å². The van der Waals surface area contributed by atoms with Crippen molar-refractivity contribution >= 4 is 209 Å². The van der Waals surface area contributed by atoms with Crippen LogP contribution in [0.1, 0.15) is 69.2 Å². The Labute approximate surface area is 444 Å². The van der Waals surface area contributed by atoms with Crippen molar-refractivity contribution in [3.63, 3.8) is 0 Å². The standard InChI is InChI=1S/2C14H33N3.Cl12Si6.2ClSi.2ClH/c2*1-6-15(7-2)11-13-17(10-5)14-12-16(8-3)9-4;1-13(2)14(3,4)16(7,8)18(11,12)17(9,10)15(13,5)6;2*1-2;;/h2*6-14H2,1-5H3;;;;2*1H/q;;;2*+1;;/p-2. The average Bonchev–Trinajstić information content (AvgIpc) is 3.18. The van der Waals surface area contributed by atoms with Gasteiger partial charge in [0.1, 0.15) is 22.2 Å². The maximum absolute atomic E-state index is 6.29. The second kappa shape index (κ2) is 39.9. The van der Waals surface area contributed by atoms with Crippen LogP contribution in [0.25, 0.3) is 0 Å². The fraction of sp³-hybridized carbons (Fsp3) is 1.00. The zero-order valence-corrected chi connectivity index (χ0v) is 55.6. The Hall–Kier alpha value is 6.14. The first-order chi connectivity index (χ1) is 25.9. The van der Waals surface area contributed by atoms with E-state index in [4.69, 9.17) is 133 Å². The maximum atomic E-state index is 6.29. The Bertz CT molecular complexity index is 765. The first kappa shape index (κ1) is 75.6. The Morgan fingerprint density at radius 3 is 0.414 bits per heavy atom. The summed E-state index contributed by atoms with van der Waals surface area (Å²) in [7, 11) is 4.89. The molecule has 58 heavy (non-hydrogen) atoms. The molecular formula is C28H66Cl16N6Si8. The van der Waals surface area contributed by atoms with Gasteiger partial charge in [0.25, 0.3) is 34.4 Å². The van der Waals surface area contributed by atoms with Gasteiger partial charge in [-0.15, -0.1) is 133 Å². The SMILES string of the molecule is CCN(CC)CCN(CC)CCN(CC)CC.CCN(CC)CCN(CC)CCN(CC)CC.Cl[Si]1(Cl)[Si](Cl)(Cl)[Si](Cl)(Cl)[Si](Cl)(Cl)[Si](Cl)(Cl)[Si]1(Cl)Cl.[Cl-].[Cl-].[Si+]Cl.[Si+]Cl. The van der Waals surface area contributed by atoms with E-state index in [1.54, 1.807) is 0 Å². The molecule has 0 bridgehead atoms. The van der Waals surface area contributed by atoms with Gasteiger partial charge in [-0.1, -0.05) is 69.2 Å². The van der Waals surface area contributed by atoms with Crippen LogP contribution in [-0.2, 0) is 0 Å². The summed E-state index contributed by atoms with van der Waals surface area (Å²) in [5.41, 5.74) is -22.0. The number of likely N-dealkylation sites (N-methyl/N-ethyl adjacent to an activating group) is 6. The van der Waals surface area contributed by atoms with Gasteiger partial charge in [0.05, 0.1) is 0 Å². The van der Waals surface area contributed by atoms with Gasteiger partial charge in [-0.3, -0.25) is 0 Å². The lowest BCUT2D eigenvalue weighted by molar-refractivity contribution is -0.00100. The predicted molar refractivity (Wildman–Crippen MR) is 283 cm³/mol. The minimum atomic E-state index is -3.66. The summed E-state index contributed by atoms with van der Waals surface area (Å²) in [6, 6.07) is 0. The van der Waals surface area contributed by atoms with Crippen LogP contribution in [0, 0.1) is 0 Å². The normalized spacial score (nSPS) is 17.8. The van der Waals surface area contributed by atoms with Crippen molar-refractivity contribution in [2.75, 3.05) is 118 Å². The fourth-order valence-electron chi connectivity index (χ4n) is 5.33. The van der Waals surface area contributed by atoms with E-state index in [0.717, 1.165) is 0 Å². The summed E-state index contributed by atoms with van der Waals surface area (Å²) in [6.45, 7) is 43.9. The van der Waals surface area contributed by atoms with Crippen molar-refractivity contribution in [1.29, 1.82) is 0 Å². The van der Waals surface area contributed by atoms with Gasteiger partial charge in [0.2, 0.25) is 0 Å². The molecule has 1 aliphatic rings. The lowest BCUT2D eigenvalue weighted by atomic mass is 10.4. The molecule has 0 spiro atoms. The third-order valence-corrected chi connectivity index (χ3v) is 199. The summed E-state index contributed by atoms with van der Waals surface area (Å²) in [4.78, 5) is 15.1. The zero-order valence-electron chi connectivity index (χ0n) is 35.5. The van der Waals surface area contributed by atoms with Crippen LogP contribution >= 0.6 is 155 Å². The largest absolute Gasteiger partial charge is 1.00 e. The molecule has 1 rings (SSSR count). The zero-order chi connectivity index (χ0) is 45.2. The first-order valence-corrected chi connectivity index (χ1v) is 52.1. The second-order valence-electron chi connectivity index (χ2n) is 12.4. The van der Waals surface area contributed by atoms with E-state index in [1.807, 2.05) is 0 Å². The van der Waals surface area contributed by atoms with Gasteiger partial charge < -0.3 is 54.2 Å². The molecule has 0 aliphatic carbocycles. The molecule has 0 aromatic heterocycles. The van der Waals surface area contributed by atoms with Gasteiger partial charge in [0.15, 0.2) is 0 Å². The Balaban J connectivity index is -0.000000165. The Kier molecular flexibility index (Phi) is 52.1. The molecular weight excluding hydrogens is 1210 g/mol. The molecule has 0 saturated carbocycles. The van der Waals surface area contributed by atoms with Crippen LogP contribution in [0.2, 0.25) is 0 Å². The van der Waals surface area contributed by atoms with Crippen LogP contribution < -0.4 is 24.8 Å². The Morgan fingerprint density at radius 1 is 0.241 bits per heavy atom. The highest BCUT2D eigenvalue weighted by molar-refractivity contribution is 8.52. The number of hydrogen-bond acceptors (Lipinski definition) is 6. The molecule has 0 amide bonds. The van der Waals surface area contributed by atoms with Crippen molar-refractivity contribution in [2.45, 2.75) is 69.2 Å². The van der Waals surface area contributed by atoms with Gasteiger partial charge >= 0.3 is 19.1 Å². The number of halogens is 16. The molecule has 4 radical (unpaired) electrons. The van der Waals surface area contributed by atoms with E-state index in [-0.39, 0.29) is 24.8 Å². The minimum Gasteiger partial charge on any atom is -1.00 e. The quantitative estimate of drug-likeness (QED) is 0.116. The topological polar surface area (TPSA) is 19.4 Å². The third-order valence-electron chi connectivity index (χ3n) is 9.77. The molecule has 0 N–H and O–H groups in total. The molecule has 1 saturated heterocycles. The average molecular weight is 1280 g/mol. The molecule has 0 atom stereocenters. The van der Waals surface area contributed by atoms with Gasteiger partial charge in [0, 0.05) is 52.4 Å². The van der Waals surface area contributed by atoms with Crippen molar-refractivity contribution in [3.05, 3.63) is 0 Å². The lowest BCUT2D eigenvalue weighted by Gasteiger charge is -2.54. The lowest BCUT2D eigenvalue weighted by Crippen LogP contribution is -3.00. The van der Waals surface area contributed by atoms with Crippen LogP contribution in [0.3, 0.4) is 0 Å². The molecule has 0 aromatic rings. The van der Waals surface area contributed by atoms with Gasteiger partial charge in [-0.25, -0.2) is 0 Å². The maximum Gasteiger partial charge on any atom is 0.858 e. The highest BCUT2D eigenvalue weighted by atomic mass is 35.8. The molecule has 30 heteroatoms. The van der Waals surface area contributed by atoms with Crippen molar-refractivity contribution in [1.82, 2.24) is 29.4 Å². The Morgan fingerprint density at radius 2 is 0.328 bits per heavy atom. The minimum absolute atomic E-state index is 0. The van der Waals surface area contributed by atoms with E-state index in [2.05, 4.69) is 140 Å². The number of hydrogen-bond donors (Lipinski definition) is 0. The summed E-state index contributed by atoms with van der Waals surface area (Å²) in [5, 5.41) is 0. The molecule has 0 aromatic carbocycles. The number of rotatable bonds is 22. The van der Waals surface area contributed by atoms with Crippen LogP contribution in [0.5, 0.6) is 0 Å². The molecule has 0 unspecified atom stereocenters. The van der Waals surface area contributed by atoms with E-state index in [9.17, 15) is 0 Å². The van der Waals surface area contributed by atoms with Crippen LogP contribution in [-0.4, -0.2) is 201 Å². The molecule has 352 valence electrons. The van der Waals surface area contributed by atoms with Gasteiger partial charge in [-0.05, 0) is 65.4 Å². The molecule has 6 nitrogen and oxygen atoms in total. The monoisotopic (exact) mass is 1270 g/mol. The molecule has 1 fully saturated rings. The van der Waals surface area contributed by atoms with E-state index < -0.39 is 34.4 Å². The summed E-state index contributed by atoms with van der Waals surface area (Å²) in [6.07, 6.45) is 0. The summed E-state index contributed by atoms with van der Waals surface area (Å²) in [5.74, 6) is 0. The van der Waals surface area contributed by atoms with E-state index >= 15 is 0 Å². The van der Waals surface area contributed by atoms with E-state index in [1.165, 1.54) is 118 Å². The van der Waals surface area contributed by atoms with Crippen LogP contribution in [0.15, 0.2) is 0 Å². The van der Waals surface area contributed by atoms with Crippen molar-refractivity contribution in [3.8, 4) is 0 Å². The second-order valence-corrected chi connectivity index (χ2v) is 102. The molecule has 1 heterocycles. The van der Waals surface area contributed by atoms with Crippen molar-refractivity contribution in [2.24, 2.45) is 0 Å². The summed E-state index contributed by atoms with van der Waals surface area (Å²) >= 11 is 84.3. The third kappa shape index (κ3) is 23.2. The first-order valence-electron chi connectivity index (χ1n) is 18.9. The smallest absolute Gasteiger partial charge is 0.858 e. The van der Waals surface area contributed by atoms with Crippen molar-refractivity contribution < 1.29 is 24.8 Å². The predicted octanol–water partition coefficient (Wildman–Crippen LogP) is 4.60. The highest BCUT2D eigenvalue weighted by Gasteiger charge is 2.95. The highest BCUT2D eigenvalue weighted by Crippen LogP contribution is 2.66. The molecule has 1 aliphatic heterocycles.